The molecule has 0 unspecified atom stereocenters. The first kappa shape index (κ1) is 14.0. The van der Waals surface area contributed by atoms with E-state index >= 15 is 0 Å². The summed E-state index contributed by atoms with van der Waals surface area (Å²) in [5.41, 5.74) is 7.00. The normalized spacial score (nSPS) is 15.8. The molecule has 0 bridgehead atoms. The zero-order valence-electron chi connectivity index (χ0n) is 11.0. The van der Waals surface area contributed by atoms with Crippen molar-refractivity contribution in [2.45, 2.75) is 6.54 Å². The summed E-state index contributed by atoms with van der Waals surface area (Å²) in [5.74, 6) is -1.25. The number of hydrogen-bond acceptors (Lipinski definition) is 6. The Morgan fingerprint density at radius 1 is 1.35 bits per heavy atom. The van der Waals surface area contributed by atoms with Gasteiger partial charge in [0.25, 0.3) is 0 Å². The van der Waals surface area contributed by atoms with E-state index in [0.717, 1.165) is 0 Å². The molecule has 1 heterocycles. The van der Waals surface area contributed by atoms with Gasteiger partial charge in [0.2, 0.25) is 11.8 Å². The van der Waals surface area contributed by atoms with Crippen LogP contribution in [0.5, 0.6) is 0 Å². The van der Waals surface area contributed by atoms with Crippen molar-refractivity contribution in [3.63, 3.8) is 0 Å². The first-order valence-electron chi connectivity index (χ1n) is 6.02. The fraction of sp³-hybridized carbons (Fsp3) is 0.308. The number of carbonyl (C=O) groups is 3. The Kier molecular flexibility index (Phi) is 3.99. The first-order valence-corrected chi connectivity index (χ1v) is 6.02. The fourth-order valence-corrected chi connectivity index (χ4v) is 2.15. The maximum atomic E-state index is 11.8. The molecule has 1 aliphatic rings. The molecule has 0 atom stereocenters. The number of piperazine rings is 1. The third kappa shape index (κ3) is 2.94. The van der Waals surface area contributed by atoms with Crippen molar-refractivity contribution in [1.82, 2.24) is 10.2 Å². The number of amides is 2. The molecule has 0 aliphatic carbocycles. The highest BCUT2D eigenvalue weighted by molar-refractivity contribution is 5.99. The van der Waals surface area contributed by atoms with E-state index in [4.69, 9.17) is 10.5 Å². The van der Waals surface area contributed by atoms with Crippen LogP contribution in [0.15, 0.2) is 18.2 Å². The summed E-state index contributed by atoms with van der Waals surface area (Å²) in [6.07, 6.45) is 0. The van der Waals surface area contributed by atoms with Crippen LogP contribution in [0.25, 0.3) is 0 Å². The topological polar surface area (TPSA) is 102 Å². The maximum Gasteiger partial charge on any atom is 0.340 e. The highest BCUT2D eigenvalue weighted by Gasteiger charge is 2.24. The van der Waals surface area contributed by atoms with Crippen LogP contribution in [-0.2, 0) is 20.9 Å². The predicted octanol–water partition coefficient (Wildman–Crippen LogP) is -0.486. The van der Waals surface area contributed by atoms with E-state index in [9.17, 15) is 14.4 Å². The molecule has 106 valence electrons. The summed E-state index contributed by atoms with van der Waals surface area (Å²) < 4.78 is 4.71. The van der Waals surface area contributed by atoms with Gasteiger partial charge in [0, 0.05) is 12.2 Å². The summed E-state index contributed by atoms with van der Waals surface area (Å²) in [6.45, 7) is 0.469. The number of rotatable bonds is 3. The molecular weight excluding hydrogens is 262 g/mol. The third-order valence-corrected chi connectivity index (χ3v) is 2.98. The van der Waals surface area contributed by atoms with E-state index in [2.05, 4.69) is 5.32 Å². The second kappa shape index (κ2) is 5.70. The molecule has 3 N–H and O–H groups in total. The zero-order chi connectivity index (χ0) is 14.7. The number of nitrogen functional groups attached to an aromatic ring is 1. The summed E-state index contributed by atoms with van der Waals surface area (Å²) in [7, 11) is 1.27. The number of carbonyl (C=O) groups excluding carboxylic acids is 3. The molecule has 1 fully saturated rings. The minimum Gasteiger partial charge on any atom is -0.465 e. The Morgan fingerprint density at radius 2 is 2.00 bits per heavy atom. The van der Waals surface area contributed by atoms with E-state index in [1.165, 1.54) is 7.11 Å². The van der Waals surface area contributed by atoms with Gasteiger partial charge in [0.15, 0.2) is 0 Å². The van der Waals surface area contributed by atoms with Gasteiger partial charge < -0.3 is 10.5 Å². The second-order valence-electron chi connectivity index (χ2n) is 4.49. The predicted molar refractivity (Wildman–Crippen MR) is 70.6 cm³/mol. The lowest BCUT2D eigenvalue weighted by Crippen LogP contribution is -2.51. The van der Waals surface area contributed by atoms with Gasteiger partial charge in [-0.05, 0) is 11.6 Å². The van der Waals surface area contributed by atoms with Crippen LogP contribution in [0.3, 0.4) is 0 Å². The molecule has 0 radical (unpaired) electrons. The first-order chi connectivity index (χ1) is 9.51. The summed E-state index contributed by atoms with van der Waals surface area (Å²) in [5, 5.41) is 2.22. The number of esters is 1. The molecule has 1 aromatic rings. The molecule has 20 heavy (non-hydrogen) atoms. The number of nitrogens with two attached hydrogens (primary N) is 1. The quantitative estimate of drug-likeness (QED) is 0.439. The van der Waals surface area contributed by atoms with E-state index in [0.29, 0.717) is 11.3 Å². The van der Waals surface area contributed by atoms with Crippen molar-refractivity contribution in [1.29, 1.82) is 0 Å². The van der Waals surface area contributed by atoms with Gasteiger partial charge in [-0.3, -0.25) is 19.8 Å². The number of nitrogens with one attached hydrogen (secondary N) is 1. The number of anilines is 1. The number of methoxy groups -OCH3 is 1. The van der Waals surface area contributed by atoms with E-state index in [1.807, 2.05) is 0 Å². The van der Waals surface area contributed by atoms with E-state index in [1.54, 1.807) is 23.1 Å². The second-order valence-corrected chi connectivity index (χ2v) is 4.49. The van der Waals surface area contributed by atoms with E-state index in [-0.39, 0.29) is 37.0 Å². The van der Waals surface area contributed by atoms with Crippen LogP contribution in [0.2, 0.25) is 0 Å². The van der Waals surface area contributed by atoms with Crippen molar-refractivity contribution < 1.29 is 19.1 Å². The van der Waals surface area contributed by atoms with Crippen molar-refractivity contribution >= 4 is 23.5 Å². The van der Waals surface area contributed by atoms with Crippen LogP contribution >= 0.6 is 0 Å². The Morgan fingerprint density at radius 3 is 2.60 bits per heavy atom. The van der Waals surface area contributed by atoms with Gasteiger partial charge in [-0.25, -0.2) is 4.79 Å². The van der Waals surface area contributed by atoms with Crippen LogP contribution in [0, 0.1) is 0 Å². The van der Waals surface area contributed by atoms with E-state index < -0.39 is 5.97 Å². The number of nitrogens with zero attached hydrogens (tertiary/aromatic N) is 1. The summed E-state index contributed by atoms with van der Waals surface area (Å²) in [4.78, 5) is 36.1. The molecule has 1 aromatic carbocycles. The highest BCUT2D eigenvalue weighted by Crippen LogP contribution is 2.20. The van der Waals surface area contributed by atoms with Gasteiger partial charge in [-0.1, -0.05) is 12.1 Å². The molecule has 0 saturated carbocycles. The largest absolute Gasteiger partial charge is 0.465 e. The summed E-state index contributed by atoms with van der Waals surface area (Å²) >= 11 is 0. The van der Waals surface area contributed by atoms with Crippen molar-refractivity contribution in [2.75, 3.05) is 25.9 Å². The Labute approximate surface area is 115 Å². The van der Waals surface area contributed by atoms with Crippen LogP contribution in [0.1, 0.15) is 15.9 Å². The molecule has 7 nitrogen and oxygen atoms in total. The molecule has 1 saturated heterocycles. The Bertz CT molecular complexity index is 555. The number of benzene rings is 1. The minimum absolute atomic E-state index is 0.0984. The molecule has 2 amide bonds. The van der Waals surface area contributed by atoms with Crippen molar-refractivity contribution in [3.05, 3.63) is 29.3 Å². The van der Waals surface area contributed by atoms with Crippen molar-refractivity contribution in [2.24, 2.45) is 0 Å². The lowest BCUT2D eigenvalue weighted by Gasteiger charge is -2.26. The van der Waals surface area contributed by atoms with Crippen LogP contribution in [0.4, 0.5) is 5.69 Å². The zero-order valence-corrected chi connectivity index (χ0v) is 11.0. The fourth-order valence-electron chi connectivity index (χ4n) is 2.15. The van der Waals surface area contributed by atoms with Gasteiger partial charge >= 0.3 is 5.97 Å². The van der Waals surface area contributed by atoms with Gasteiger partial charge in [0.1, 0.15) is 0 Å². The monoisotopic (exact) mass is 277 g/mol. The molecular formula is C13H15N3O4. The average molecular weight is 277 g/mol. The van der Waals surface area contributed by atoms with Gasteiger partial charge in [0.05, 0.1) is 25.8 Å². The number of imide groups is 1. The van der Waals surface area contributed by atoms with Crippen molar-refractivity contribution in [3.8, 4) is 0 Å². The molecule has 7 heteroatoms. The Balaban J connectivity index is 2.25. The third-order valence-electron chi connectivity index (χ3n) is 2.98. The van der Waals surface area contributed by atoms with Gasteiger partial charge in [-0.2, -0.15) is 0 Å². The smallest absolute Gasteiger partial charge is 0.340 e. The molecule has 2 rings (SSSR count). The SMILES string of the molecule is COC(=O)c1c(N)cccc1CN1CC(=O)NC(=O)C1. The average Bonchev–Trinajstić information content (AvgIpc) is 2.37. The lowest BCUT2D eigenvalue weighted by molar-refractivity contribution is -0.136. The number of ether oxygens (including phenoxy) is 1. The van der Waals surface area contributed by atoms with Gasteiger partial charge in [-0.15, -0.1) is 0 Å². The highest BCUT2D eigenvalue weighted by atomic mass is 16.5. The van der Waals surface area contributed by atoms with Crippen LogP contribution < -0.4 is 11.1 Å². The maximum absolute atomic E-state index is 11.8. The van der Waals surface area contributed by atoms with Crippen LogP contribution in [-0.4, -0.2) is 42.9 Å². The summed E-state index contributed by atoms with van der Waals surface area (Å²) in [6, 6.07) is 5.03. The molecule has 0 spiro atoms. The standard InChI is InChI=1S/C13H15N3O4/c1-20-13(19)12-8(3-2-4-9(12)14)5-16-6-10(17)15-11(18)7-16/h2-4H,5-7,14H2,1H3,(H,15,17,18). The number of hydrogen-bond donors (Lipinski definition) is 2. The Hall–Kier alpha value is -2.41. The lowest BCUT2D eigenvalue weighted by atomic mass is 10.0. The minimum atomic E-state index is -0.536. The molecule has 1 aliphatic heterocycles. The molecule has 0 aromatic heterocycles.